The number of rotatable bonds is 8. The van der Waals surface area contributed by atoms with E-state index in [2.05, 4.69) is 10.3 Å². The molecule has 31 heavy (non-hydrogen) atoms. The molecule has 162 valence electrons. The standard InChI is InChI=1S/C23H24ClN3O3S/c1-17-12-18(2)14-21(13-17)27(31(29,30)22-7-5-20(24)6-8-22)11-9-23(28)26-16-19-4-3-10-25-15-19/h3-8,10,12-15H,9,11,16H2,1-2H3,(H,26,28). The summed E-state index contributed by atoms with van der Waals surface area (Å²) in [6, 6.07) is 15.2. The summed E-state index contributed by atoms with van der Waals surface area (Å²) in [5, 5.41) is 3.26. The van der Waals surface area contributed by atoms with Gasteiger partial charge in [0.15, 0.2) is 0 Å². The molecule has 0 aliphatic rings. The van der Waals surface area contributed by atoms with Crippen LogP contribution in [0.3, 0.4) is 0 Å². The maximum atomic E-state index is 13.4. The van der Waals surface area contributed by atoms with Crippen LogP contribution >= 0.6 is 11.6 Å². The Morgan fingerprint density at radius 3 is 2.35 bits per heavy atom. The van der Waals surface area contributed by atoms with E-state index < -0.39 is 10.0 Å². The van der Waals surface area contributed by atoms with Crippen molar-refractivity contribution in [2.75, 3.05) is 10.8 Å². The normalized spacial score (nSPS) is 11.2. The van der Waals surface area contributed by atoms with Crippen LogP contribution < -0.4 is 9.62 Å². The van der Waals surface area contributed by atoms with Gasteiger partial charge in [0.1, 0.15) is 0 Å². The Balaban J connectivity index is 1.82. The van der Waals surface area contributed by atoms with Crippen LogP contribution in [0.25, 0.3) is 0 Å². The third kappa shape index (κ3) is 6.06. The molecule has 0 aliphatic heterocycles. The highest BCUT2D eigenvalue weighted by molar-refractivity contribution is 7.92. The summed E-state index contributed by atoms with van der Waals surface area (Å²) in [5.41, 5.74) is 3.27. The minimum Gasteiger partial charge on any atom is -0.352 e. The van der Waals surface area contributed by atoms with E-state index in [-0.39, 0.29) is 23.8 Å². The lowest BCUT2D eigenvalue weighted by Crippen LogP contribution is -2.35. The average molecular weight is 458 g/mol. The SMILES string of the molecule is Cc1cc(C)cc(N(CCC(=O)NCc2cccnc2)S(=O)(=O)c2ccc(Cl)cc2)c1. The molecule has 0 aliphatic carbocycles. The number of pyridine rings is 1. The highest BCUT2D eigenvalue weighted by Gasteiger charge is 2.26. The summed E-state index contributed by atoms with van der Waals surface area (Å²) < 4.78 is 28.1. The third-order valence-corrected chi connectivity index (χ3v) is 6.74. The van der Waals surface area contributed by atoms with Gasteiger partial charge < -0.3 is 5.32 Å². The predicted octanol–water partition coefficient (Wildman–Crippen LogP) is 4.25. The Hall–Kier alpha value is -2.90. The molecule has 0 unspecified atom stereocenters. The Morgan fingerprint density at radius 1 is 1.06 bits per heavy atom. The van der Waals surface area contributed by atoms with Gasteiger partial charge in [-0.15, -0.1) is 0 Å². The van der Waals surface area contributed by atoms with Crippen molar-refractivity contribution >= 4 is 33.2 Å². The molecule has 1 heterocycles. The molecule has 0 fully saturated rings. The van der Waals surface area contributed by atoms with E-state index in [0.717, 1.165) is 16.7 Å². The van der Waals surface area contributed by atoms with E-state index >= 15 is 0 Å². The Labute approximate surface area is 187 Å². The van der Waals surface area contributed by atoms with Crippen molar-refractivity contribution in [1.82, 2.24) is 10.3 Å². The minimum atomic E-state index is -3.88. The first-order valence-electron chi connectivity index (χ1n) is 9.78. The summed E-state index contributed by atoms with van der Waals surface area (Å²) in [6.45, 7) is 4.15. The number of benzene rings is 2. The average Bonchev–Trinajstić information content (AvgIpc) is 2.72. The number of hydrogen-bond donors (Lipinski definition) is 1. The first kappa shape index (κ1) is 22.8. The smallest absolute Gasteiger partial charge is 0.264 e. The molecule has 1 N–H and O–H groups in total. The number of nitrogens with zero attached hydrogens (tertiary/aromatic N) is 2. The van der Waals surface area contributed by atoms with Crippen molar-refractivity contribution in [1.29, 1.82) is 0 Å². The van der Waals surface area contributed by atoms with Gasteiger partial charge in [-0.25, -0.2) is 8.42 Å². The van der Waals surface area contributed by atoms with E-state index in [1.165, 1.54) is 28.6 Å². The minimum absolute atomic E-state index is 0.00667. The van der Waals surface area contributed by atoms with E-state index in [0.29, 0.717) is 17.3 Å². The molecule has 1 aromatic heterocycles. The molecule has 0 saturated carbocycles. The lowest BCUT2D eigenvalue weighted by atomic mass is 10.1. The Bertz CT molecular complexity index is 1130. The number of carbonyl (C=O) groups excluding carboxylic acids is 1. The zero-order chi connectivity index (χ0) is 22.4. The molecule has 0 spiro atoms. The van der Waals surface area contributed by atoms with Gasteiger partial charge in [0.25, 0.3) is 10.0 Å². The molecule has 1 amide bonds. The Kier molecular flexibility index (Phi) is 7.30. The number of carbonyl (C=O) groups is 1. The fraction of sp³-hybridized carbons (Fsp3) is 0.217. The molecular weight excluding hydrogens is 434 g/mol. The van der Waals surface area contributed by atoms with Crippen LogP contribution in [0.1, 0.15) is 23.1 Å². The number of nitrogens with one attached hydrogen (secondary N) is 1. The first-order valence-corrected chi connectivity index (χ1v) is 11.6. The van der Waals surface area contributed by atoms with Gasteiger partial charge in [0, 0.05) is 36.9 Å². The summed E-state index contributed by atoms with van der Waals surface area (Å²) in [5.74, 6) is -0.246. The highest BCUT2D eigenvalue weighted by atomic mass is 35.5. The molecule has 0 bridgehead atoms. The molecule has 3 aromatic rings. The topological polar surface area (TPSA) is 79.4 Å². The second kappa shape index (κ2) is 9.94. The van der Waals surface area contributed by atoms with Crippen molar-refractivity contribution in [3.63, 3.8) is 0 Å². The number of anilines is 1. The fourth-order valence-corrected chi connectivity index (χ4v) is 4.79. The second-order valence-corrected chi connectivity index (χ2v) is 9.56. The fourth-order valence-electron chi connectivity index (χ4n) is 3.21. The second-order valence-electron chi connectivity index (χ2n) is 7.27. The van der Waals surface area contributed by atoms with E-state index in [4.69, 9.17) is 11.6 Å². The number of hydrogen-bond acceptors (Lipinski definition) is 4. The molecule has 3 rings (SSSR count). The van der Waals surface area contributed by atoms with Crippen LogP contribution in [0.4, 0.5) is 5.69 Å². The van der Waals surface area contributed by atoms with Gasteiger partial charge in [0.2, 0.25) is 5.91 Å². The summed E-state index contributed by atoms with van der Waals surface area (Å²) in [7, 11) is -3.88. The van der Waals surface area contributed by atoms with Crippen LogP contribution in [0.15, 0.2) is 71.9 Å². The molecule has 0 radical (unpaired) electrons. The maximum absolute atomic E-state index is 13.4. The number of aryl methyl sites for hydroxylation is 2. The van der Waals surface area contributed by atoms with Crippen LogP contribution in [0, 0.1) is 13.8 Å². The lowest BCUT2D eigenvalue weighted by molar-refractivity contribution is -0.121. The maximum Gasteiger partial charge on any atom is 0.264 e. The molecule has 0 saturated heterocycles. The van der Waals surface area contributed by atoms with Crippen molar-refractivity contribution in [2.24, 2.45) is 0 Å². The Morgan fingerprint density at radius 2 is 1.74 bits per heavy atom. The van der Waals surface area contributed by atoms with Gasteiger partial charge >= 0.3 is 0 Å². The van der Waals surface area contributed by atoms with Gasteiger partial charge in [-0.2, -0.15) is 0 Å². The highest BCUT2D eigenvalue weighted by Crippen LogP contribution is 2.27. The quantitative estimate of drug-likeness (QED) is 0.548. The van der Waals surface area contributed by atoms with Crippen molar-refractivity contribution in [3.05, 3.63) is 88.7 Å². The van der Waals surface area contributed by atoms with E-state index in [1.807, 2.05) is 26.0 Å². The van der Waals surface area contributed by atoms with Gasteiger partial charge in [-0.1, -0.05) is 23.7 Å². The monoisotopic (exact) mass is 457 g/mol. The summed E-state index contributed by atoms with van der Waals surface area (Å²) in [6.07, 6.45) is 3.35. The van der Waals surface area contributed by atoms with Crippen molar-refractivity contribution in [2.45, 2.75) is 31.7 Å². The third-order valence-electron chi connectivity index (χ3n) is 4.65. The van der Waals surface area contributed by atoms with Gasteiger partial charge in [-0.3, -0.25) is 14.1 Å². The van der Waals surface area contributed by atoms with Gasteiger partial charge in [-0.05, 0) is 73.0 Å². The van der Waals surface area contributed by atoms with Crippen LogP contribution in [0.5, 0.6) is 0 Å². The van der Waals surface area contributed by atoms with Crippen LogP contribution in [-0.4, -0.2) is 25.9 Å². The zero-order valence-electron chi connectivity index (χ0n) is 17.4. The molecular formula is C23H24ClN3O3S. The summed E-state index contributed by atoms with van der Waals surface area (Å²) in [4.78, 5) is 16.6. The molecule has 2 aromatic carbocycles. The molecule has 0 atom stereocenters. The van der Waals surface area contributed by atoms with Gasteiger partial charge in [0.05, 0.1) is 10.6 Å². The largest absolute Gasteiger partial charge is 0.352 e. The number of halogens is 1. The number of aromatic nitrogens is 1. The number of amides is 1. The molecule has 6 nitrogen and oxygen atoms in total. The first-order chi connectivity index (χ1) is 14.8. The molecule has 8 heteroatoms. The van der Waals surface area contributed by atoms with E-state index in [9.17, 15) is 13.2 Å². The van der Waals surface area contributed by atoms with Crippen molar-refractivity contribution < 1.29 is 13.2 Å². The lowest BCUT2D eigenvalue weighted by Gasteiger charge is -2.25. The van der Waals surface area contributed by atoms with Crippen LogP contribution in [0.2, 0.25) is 5.02 Å². The van der Waals surface area contributed by atoms with Crippen LogP contribution in [-0.2, 0) is 21.4 Å². The predicted molar refractivity (Wildman–Crippen MR) is 123 cm³/mol. The summed E-state index contributed by atoms with van der Waals surface area (Å²) >= 11 is 5.92. The number of sulfonamides is 1. The van der Waals surface area contributed by atoms with Crippen molar-refractivity contribution in [3.8, 4) is 0 Å². The zero-order valence-corrected chi connectivity index (χ0v) is 18.9. The van der Waals surface area contributed by atoms with E-state index in [1.54, 1.807) is 30.6 Å².